The van der Waals surface area contributed by atoms with E-state index in [1.807, 2.05) is 36.4 Å². The minimum atomic E-state index is 0.114. The fourth-order valence-electron chi connectivity index (χ4n) is 5.17. The summed E-state index contributed by atoms with van der Waals surface area (Å²) in [5.74, 6) is 3.26. The van der Waals surface area contributed by atoms with Crippen LogP contribution in [0.5, 0.6) is 11.5 Å². The number of nitrogens with zero attached hydrogens (tertiary/aromatic N) is 3. The summed E-state index contributed by atoms with van der Waals surface area (Å²) in [6.07, 6.45) is 7.51. The van der Waals surface area contributed by atoms with Crippen molar-refractivity contribution in [3.05, 3.63) is 36.4 Å². The van der Waals surface area contributed by atoms with Gasteiger partial charge in [0.25, 0.3) is 0 Å². The highest BCUT2D eigenvalue weighted by Gasteiger charge is 2.47. The van der Waals surface area contributed by atoms with Gasteiger partial charge in [0.05, 0.1) is 14.2 Å². The maximum atomic E-state index is 12.9. The number of aromatic nitrogens is 4. The Hall–Kier alpha value is -3.42. The molecule has 2 aromatic carbocycles. The van der Waals surface area contributed by atoms with Gasteiger partial charge in [0, 0.05) is 17.2 Å². The van der Waals surface area contributed by atoms with Gasteiger partial charge < -0.3 is 14.8 Å². The quantitative estimate of drug-likeness (QED) is 0.544. The predicted molar refractivity (Wildman–Crippen MR) is 125 cm³/mol. The lowest BCUT2D eigenvalue weighted by atomic mass is 9.85. The van der Waals surface area contributed by atoms with Crippen LogP contribution < -0.4 is 14.8 Å². The molecule has 0 bridgehead atoms. The van der Waals surface area contributed by atoms with Gasteiger partial charge in [-0.05, 0) is 58.9 Å². The zero-order valence-electron chi connectivity index (χ0n) is 19.0. The molecule has 1 amide bonds. The van der Waals surface area contributed by atoms with Crippen LogP contribution in [0.1, 0.15) is 38.5 Å². The van der Waals surface area contributed by atoms with Gasteiger partial charge in [-0.1, -0.05) is 44.2 Å². The summed E-state index contributed by atoms with van der Waals surface area (Å²) in [6.45, 7) is 0. The molecule has 1 heterocycles. The molecule has 8 heteroatoms. The number of tetrazole rings is 1. The predicted octanol–water partition coefficient (Wildman–Crippen LogP) is 4.71. The molecule has 0 saturated heterocycles. The molecule has 0 spiro atoms. The smallest absolute Gasteiger partial charge is 0.227 e. The molecule has 2 N–H and O–H groups in total. The Bertz CT molecular complexity index is 1130. The fourth-order valence-corrected chi connectivity index (χ4v) is 5.17. The van der Waals surface area contributed by atoms with Gasteiger partial charge in [-0.3, -0.25) is 4.79 Å². The molecule has 2 saturated carbocycles. The first kappa shape index (κ1) is 21.4. The average molecular weight is 448 g/mol. The molecule has 1 aromatic heterocycles. The fraction of sp³-hybridized carbons (Fsp3) is 0.440. The molecule has 2 aliphatic carbocycles. The Kier molecular flexibility index (Phi) is 5.98. The van der Waals surface area contributed by atoms with Crippen LogP contribution in [0, 0.1) is 17.8 Å². The van der Waals surface area contributed by atoms with Crippen LogP contribution >= 0.6 is 0 Å². The van der Waals surface area contributed by atoms with E-state index in [1.165, 1.54) is 32.1 Å². The zero-order chi connectivity index (χ0) is 22.8. The van der Waals surface area contributed by atoms with E-state index in [2.05, 4.69) is 25.9 Å². The van der Waals surface area contributed by atoms with Crippen molar-refractivity contribution in [2.75, 3.05) is 19.5 Å². The number of hydrogen-bond donors (Lipinski definition) is 2. The van der Waals surface area contributed by atoms with Crippen LogP contribution in [0.25, 0.3) is 22.5 Å². The molecule has 2 fully saturated rings. The topological polar surface area (TPSA) is 102 Å². The van der Waals surface area contributed by atoms with Crippen LogP contribution in [0.15, 0.2) is 36.4 Å². The minimum Gasteiger partial charge on any atom is -0.493 e. The van der Waals surface area contributed by atoms with E-state index >= 15 is 0 Å². The van der Waals surface area contributed by atoms with Crippen molar-refractivity contribution in [3.8, 4) is 34.0 Å². The normalized spacial score (nSPS) is 20.3. The highest BCUT2D eigenvalue weighted by molar-refractivity contribution is 5.96. The standard InChI is InChI=1S/C25H29N5O3/c1-32-22-11-8-16(12-23(22)33-2)18-10-9-17(13-20(18)24-27-29-30-28-24)26-25(31)21-14-19(21)15-6-4-3-5-7-15/h8-13,15,19,21H,3-7,14H2,1-2H3,(H,26,31)(H,27,28,29,30). The molecule has 2 atom stereocenters. The van der Waals surface area contributed by atoms with E-state index in [0.717, 1.165) is 34.7 Å². The molecular formula is C25H29N5O3. The second-order valence-corrected chi connectivity index (χ2v) is 8.96. The molecule has 8 nitrogen and oxygen atoms in total. The highest BCUT2D eigenvalue weighted by atomic mass is 16.5. The number of hydrogen-bond acceptors (Lipinski definition) is 6. The van der Waals surface area contributed by atoms with Gasteiger partial charge in [-0.2, -0.15) is 5.21 Å². The van der Waals surface area contributed by atoms with E-state index in [0.29, 0.717) is 23.2 Å². The van der Waals surface area contributed by atoms with E-state index < -0.39 is 0 Å². The van der Waals surface area contributed by atoms with Crippen LogP contribution in [-0.4, -0.2) is 40.8 Å². The van der Waals surface area contributed by atoms with E-state index in [9.17, 15) is 4.79 Å². The summed E-state index contributed by atoms with van der Waals surface area (Å²) in [6, 6.07) is 11.5. The summed E-state index contributed by atoms with van der Waals surface area (Å²) < 4.78 is 10.8. The molecule has 5 rings (SSSR count). The summed E-state index contributed by atoms with van der Waals surface area (Å²) in [5.41, 5.74) is 3.33. The molecular weight excluding hydrogens is 418 g/mol. The molecule has 2 aliphatic rings. The number of aromatic amines is 1. The van der Waals surface area contributed by atoms with Crippen molar-refractivity contribution in [2.24, 2.45) is 17.8 Å². The van der Waals surface area contributed by atoms with Gasteiger partial charge >= 0.3 is 0 Å². The number of benzene rings is 2. The SMILES string of the molecule is COc1ccc(-c2ccc(NC(=O)C3CC3C3CCCCC3)cc2-c2nn[nH]n2)cc1OC. The third kappa shape index (κ3) is 4.42. The van der Waals surface area contributed by atoms with E-state index in [-0.39, 0.29) is 11.8 Å². The molecule has 3 aromatic rings. The number of methoxy groups -OCH3 is 2. The Labute approximate surface area is 193 Å². The third-order valence-corrected chi connectivity index (χ3v) is 7.00. The monoisotopic (exact) mass is 447 g/mol. The van der Waals surface area contributed by atoms with Gasteiger partial charge in [0.1, 0.15) is 0 Å². The van der Waals surface area contributed by atoms with Crippen LogP contribution in [0.2, 0.25) is 0 Å². The maximum Gasteiger partial charge on any atom is 0.227 e. The molecule has 0 aliphatic heterocycles. The second kappa shape index (κ2) is 9.21. The van der Waals surface area contributed by atoms with Crippen LogP contribution in [0.4, 0.5) is 5.69 Å². The third-order valence-electron chi connectivity index (χ3n) is 7.00. The number of amides is 1. The number of anilines is 1. The lowest BCUT2D eigenvalue weighted by Crippen LogP contribution is -2.18. The number of carbonyl (C=O) groups is 1. The zero-order valence-corrected chi connectivity index (χ0v) is 19.0. The average Bonchev–Trinajstić information content (AvgIpc) is 3.49. The maximum absolute atomic E-state index is 12.9. The Morgan fingerprint density at radius 2 is 1.82 bits per heavy atom. The summed E-state index contributed by atoms with van der Waals surface area (Å²) in [4.78, 5) is 12.9. The molecule has 33 heavy (non-hydrogen) atoms. The Morgan fingerprint density at radius 1 is 1.00 bits per heavy atom. The van der Waals surface area contributed by atoms with Gasteiger partial charge in [-0.15, -0.1) is 10.2 Å². The van der Waals surface area contributed by atoms with Crippen molar-refractivity contribution in [1.29, 1.82) is 0 Å². The van der Waals surface area contributed by atoms with Crippen molar-refractivity contribution in [3.63, 3.8) is 0 Å². The number of nitrogens with one attached hydrogen (secondary N) is 2. The Balaban J connectivity index is 1.39. The number of carbonyl (C=O) groups excluding carboxylic acids is 1. The van der Waals surface area contributed by atoms with Gasteiger partial charge in [0.2, 0.25) is 11.7 Å². The largest absolute Gasteiger partial charge is 0.493 e. The van der Waals surface area contributed by atoms with Crippen molar-refractivity contribution < 1.29 is 14.3 Å². The number of ether oxygens (including phenoxy) is 2. The number of rotatable bonds is 7. The van der Waals surface area contributed by atoms with Gasteiger partial charge in [-0.25, -0.2) is 0 Å². The Morgan fingerprint density at radius 3 is 2.55 bits per heavy atom. The first-order valence-electron chi connectivity index (χ1n) is 11.6. The van der Waals surface area contributed by atoms with E-state index in [1.54, 1.807) is 14.2 Å². The summed E-state index contributed by atoms with van der Waals surface area (Å²) in [7, 11) is 3.22. The minimum absolute atomic E-state index is 0.114. The summed E-state index contributed by atoms with van der Waals surface area (Å²) >= 11 is 0. The molecule has 172 valence electrons. The first-order chi connectivity index (χ1) is 16.2. The lowest BCUT2D eigenvalue weighted by molar-refractivity contribution is -0.117. The van der Waals surface area contributed by atoms with Crippen molar-refractivity contribution >= 4 is 11.6 Å². The second-order valence-electron chi connectivity index (χ2n) is 8.96. The number of H-pyrrole nitrogens is 1. The van der Waals surface area contributed by atoms with Crippen LogP contribution in [0.3, 0.4) is 0 Å². The van der Waals surface area contributed by atoms with Gasteiger partial charge in [0.15, 0.2) is 11.5 Å². The van der Waals surface area contributed by atoms with Crippen molar-refractivity contribution in [2.45, 2.75) is 38.5 Å². The lowest BCUT2D eigenvalue weighted by Gasteiger charge is -2.21. The first-order valence-corrected chi connectivity index (χ1v) is 11.6. The molecule has 2 unspecified atom stereocenters. The summed E-state index contributed by atoms with van der Waals surface area (Å²) in [5, 5.41) is 17.7. The van der Waals surface area contributed by atoms with Crippen molar-refractivity contribution in [1.82, 2.24) is 20.6 Å². The van der Waals surface area contributed by atoms with Crippen LogP contribution in [-0.2, 0) is 4.79 Å². The highest BCUT2D eigenvalue weighted by Crippen LogP contribution is 2.50. The van der Waals surface area contributed by atoms with E-state index in [4.69, 9.17) is 9.47 Å². The molecule has 0 radical (unpaired) electrons.